The van der Waals surface area contributed by atoms with Gasteiger partial charge >= 0.3 is 0 Å². The first-order chi connectivity index (χ1) is 6.65. The van der Waals surface area contributed by atoms with Crippen molar-refractivity contribution in [2.24, 2.45) is 12.8 Å². The van der Waals surface area contributed by atoms with Gasteiger partial charge < -0.3 is 5.73 Å². The summed E-state index contributed by atoms with van der Waals surface area (Å²) in [4.78, 5) is 0. The van der Waals surface area contributed by atoms with E-state index >= 15 is 0 Å². The highest BCUT2D eigenvalue weighted by molar-refractivity contribution is 9.10. The largest absolute Gasteiger partial charge is 0.326 e. The summed E-state index contributed by atoms with van der Waals surface area (Å²) in [6.07, 6.45) is 0. The summed E-state index contributed by atoms with van der Waals surface area (Å²) in [5.74, 6) is 0. The second-order valence-electron chi connectivity index (χ2n) is 3.33. The molecule has 14 heavy (non-hydrogen) atoms. The number of aryl methyl sites for hydroxylation is 2. The average Bonchev–Trinajstić information content (AvgIpc) is 2.45. The molecule has 1 heterocycles. The van der Waals surface area contributed by atoms with Crippen LogP contribution in [-0.4, -0.2) is 9.78 Å². The SMILES string of the molecule is Cc1c2c(CN)c(Br)ccc2nn1C. The van der Waals surface area contributed by atoms with Crippen LogP contribution in [0.15, 0.2) is 16.6 Å². The van der Waals surface area contributed by atoms with Gasteiger partial charge in [-0.05, 0) is 24.6 Å². The molecular weight excluding hydrogens is 242 g/mol. The number of rotatable bonds is 1. The van der Waals surface area contributed by atoms with Crippen molar-refractivity contribution in [1.82, 2.24) is 9.78 Å². The van der Waals surface area contributed by atoms with Crippen molar-refractivity contribution in [3.63, 3.8) is 0 Å². The molecule has 0 radical (unpaired) electrons. The molecule has 0 bridgehead atoms. The van der Waals surface area contributed by atoms with Gasteiger partial charge in [-0.2, -0.15) is 5.10 Å². The van der Waals surface area contributed by atoms with Crippen LogP contribution in [0.5, 0.6) is 0 Å². The van der Waals surface area contributed by atoms with Gasteiger partial charge in [0, 0.05) is 29.1 Å². The van der Waals surface area contributed by atoms with Gasteiger partial charge in [-0.15, -0.1) is 0 Å². The summed E-state index contributed by atoms with van der Waals surface area (Å²) in [6.45, 7) is 2.59. The highest BCUT2D eigenvalue weighted by atomic mass is 79.9. The van der Waals surface area contributed by atoms with Crippen molar-refractivity contribution in [2.75, 3.05) is 0 Å². The van der Waals surface area contributed by atoms with E-state index in [0.717, 1.165) is 21.2 Å². The topological polar surface area (TPSA) is 43.8 Å². The van der Waals surface area contributed by atoms with Crippen LogP contribution < -0.4 is 5.73 Å². The zero-order valence-electron chi connectivity index (χ0n) is 8.21. The van der Waals surface area contributed by atoms with Crippen molar-refractivity contribution in [3.8, 4) is 0 Å². The number of nitrogens with zero attached hydrogens (tertiary/aromatic N) is 2. The quantitative estimate of drug-likeness (QED) is 0.846. The van der Waals surface area contributed by atoms with E-state index < -0.39 is 0 Å². The van der Waals surface area contributed by atoms with Gasteiger partial charge in [0.2, 0.25) is 0 Å². The van der Waals surface area contributed by atoms with E-state index in [-0.39, 0.29) is 0 Å². The van der Waals surface area contributed by atoms with Crippen LogP contribution in [0.3, 0.4) is 0 Å². The third-order valence-corrected chi connectivity index (χ3v) is 3.29. The van der Waals surface area contributed by atoms with Crippen molar-refractivity contribution in [3.05, 3.63) is 27.9 Å². The van der Waals surface area contributed by atoms with Crippen LogP contribution in [0, 0.1) is 6.92 Å². The third kappa shape index (κ3) is 1.26. The normalized spacial score (nSPS) is 11.1. The lowest BCUT2D eigenvalue weighted by Crippen LogP contribution is -1.99. The van der Waals surface area contributed by atoms with Gasteiger partial charge in [-0.1, -0.05) is 15.9 Å². The Morgan fingerprint density at radius 1 is 1.50 bits per heavy atom. The van der Waals surface area contributed by atoms with E-state index in [1.807, 2.05) is 23.9 Å². The summed E-state index contributed by atoms with van der Waals surface area (Å²) < 4.78 is 2.94. The Morgan fingerprint density at radius 3 is 2.86 bits per heavy atom. The molecule has 0 saturated carbocycles. The first-order valence-electron chi connectivity index (χ1n) is 4.46. The van der Waals surface area contributed by atoms with E-state index in [1.165, 1.54) is 5.39 Å². The summed E-state index contributed by atoms with van der Waals surface area (Å²) in [5, 5.41) is 5.57. The molecule has 0 spiro atoms. The van der Waals surface area contributed by atoms with Crippen LogP contribution in [-0.2, 0) is 13.6 Å². The smallest absolute Gasteiger partial charge is 0.0930 e. The van der Waals surface area contributed by atoms with Gasteiger partial charge in [0.1, 0.15) is 0 Å². The van der Waals surface area contributed by atoms with Crippen molar-refractivity contribution in [2.45, 2.75) is 13.5 Å². The first kappa shape index (κ1) is 9.68. The zero-order valence-corrected chi connectivity index (χ0v) is 9.80. The molecule has 74 valence electrons. The Morgan fingerprint density at radius 2 is 2.21 bits per heavy atom. The summed E-state index contributed by atoms with van der Waals surface area (Å²) in [6, 6.07) is 4.00. The fourth-order valence-electron chi connectivity index (χ4n) is 1.70. The number of benzene rings is 1. The molecule has 1 aromatic heterocycles. The van der Waals surface area contributed by atoms with Crippen molar-refractivity contribution < 1.29 is 0 Å². The fraction of sp³-hybridized carbons (Fsp3) is 0.300. The molecule has 0 aliphatic carbocycles. The highest BCUT2D eigenvalue weighted by Gasteiger charge is 2.10. The monoisotopic (exact) mass is 253 g/mol. The number of hydrogen-bond acceptors (Lipinski definition) is 2. The van der Waals surface area contributed by atoms with E-state index in [9.17, 15) is 0 Å². The van der Waals surface area contributed by atoms with Gasteiger partial charge in [0.25, 0.3) is 0 Å². The second-order valence-corrected chi connectivity index (χ2v) is 4.19. The number of nitrogens with two attached hydrogens (primary N) is 1. The fourth-order valence-corrected chi connectivity index (χ4v) is 2.19. The van der Waals surface area contributed by atoms with E-state index in [4.69, 9.17) is 5.73 Å². The molecule has 4 heteroatoms. The Bertz CT molecular complexity index is 488. The molecule has 2 aromatic rings. The van der Waals surface area contributed by atoms with Crippen LogP contribution in [0.1, 0.15) is 11.3 Å². The predicted octanol–water partition coefficient (Wildman–Crippen LogP) is 2.10. The maximum atomic E-state index is 5.73. The Hall–Kier alpha value is -0.870. The molecule has 3 nitrogen and oxygen atoms in total. The molecule has 0 aliphatic heterocycles. The van der Waals surface area contributed by atoms with Crippen molar-refractivity contribution in [1.29, 1.82) is 0 Å². The molecule has 1 aromatic carbocycles. The number of fused-ring (bicyclic) bond motifs is 1. The standard InChI is InChI=1S/C10H12BrN3/c1-6-10-7(5-12)8(11)3-4-9(10)13-14(6)2/h3-4H,5,12H2,1-2H3. The zero-order chi connectivity index (χ0) is 10.3. The lowest BCUT2D eigenvalue weighted by atomic mass is 10.1. The lowest BCUT2D eigenvalue weighted by Gasteiger charge is -2.03. The summed E-state index contributed by atoms with van der Waals surface area (Å²) in [7, 11) is 1.95. The average molecular weight is 254 g/mol. The molecule has 0 unspecified atom stereocenters. The van der Waals surface area contributed by atoms with Gasteiger partial charge in [0.15, 0.2) is 0 Å². The minimum Gasteiger partial charge on any atom is -0.326 e. The molecule has 0 fully saturated rings. The summed E-state index contributed by atoms with van der Waals surface area (Å²) in [5.41, 5.74) is 9.02. The summed E-state index contributed by atoms with van der Waals surface area (Å²) >= 11 is 3.50. The first-order valence-corrected chi connectivity index (χ1v) is 5.25. The Kier molecular flexibility index (Phi) is 2.33. The Labute approximate surface area is 91.0 Å². The van der Waals surface area contributed by atoms with E-state index in [2.05, 4.69) is 28.0 Å². The van der Waals surface area contributed by atoms with E-state index in [0.29, 0.717) is 6.54 Å². The predicted molar refractivity (Wildman–Crippen MR) is 61.0 cm³/mol. The van der Waals surface area contributed by atoms with Gasteiger partial charge in [0.05, 0.1) is 5.52 Å². The molecule has 2 N–H and O–H groups in total. The van der Waals surface area contributed by atoms with Crippen LogP contribution in [0.25, 0.3) is 10.9 Å². The van der Waals surface area contributed by atoms with Crippen LogP contribution in [0.2, 0.25) is 0 Å². The Balaban J connectivity index is 2.91. The lowest BCUT2D eigenvalue weighted by molar-refractivity contribution is 0.751. The number of aromatic nitrogens is 2. The molecule has 0 aliphatic rings. The maximum Gasteiger partial charge on any atom is 0.0930 e. The molecule has 0 atom stereocenters. The molecule has 0 saturated heterocycles. The minimum atomic E-state index is 0.532. The maximum absolute atomic E-state index is 5.73. The molecule has 0 amide bonds. The number of hydrogen-bond donors (Lipinski definition) is 1. The van der Waals surface area contributed by atoms with Crippen molar-refractivity contribution >= 4 is 26.8 Å². The van der Waals surface area contributed by atoms with Gasteiger partial charge in [-0.25, -0.2) is 0 Å². The highest BCUT2D eigenvalue weighted by Crippen LogP contribution is 2.27. The van der Waals surface area contributed by atoms with Gasteiger partial charge in [-0.3, -0.25) is 4.68 Å². The van der Waals surface area contributed by atoms with Crippen LogP contribution in [0.4, 0.5) is 0 Å². The van der Waals surface area contributed by atoms with Crippen LogP contribution >= 0.6 is 15.9 Å². The second kappa shape index (κ2) is 3.37. The molecular formula is C10H12BrN3. The minimum absolute atomic E-state index is 0.532. The number of halogens is 1. The third-order valence-electron chi connectivity index (χ3n) is 2.54. The van der Waals surface area contributed by atoms with E-state index in [1.54, 1.807) is 0 Å². The molecule has 2 rings (SSSR count).